The van der Waals surface area contributed by atoms with Gasteiger partial charge in [0.2, 0.25) is 0 Å². The maximum atomic E-state index is 13.9. The molecule has 1 N–H and O–H groups in total. The molecule has 0 saturated heterocycles. The van der Waals surface area contributed by atoms with Crippen LogP contribution in [0.15, 0.2) is 55.9 Å². The maximum Gasteiger partial charge on any atom is 0.267 e. The average Bonchev–Trinajstić information content (AvgIpc) is 3.35. The molecule has 9 nitrogen and oxygen atoms in total. The number of amides is 1. The van der Waals surface area contributed by atoms with Gasteiger partial charge in [-0.3, -0.25) is 14.2 Å². The van der Waals surface area contributed by atoms with Gasteiger partial charge in [0.25, 0.3) is 11.5 Å². The molecule has 4 aromatic rings. The van der Waals surface area contributed by atoms with E-state index in [0.29, 0.717) is 39.0 Å². The minimum Gasteiger partial charge on any atom is -0.496 e. The summed E-state index contributed by atoms with van der Waals surface area (Å²) in [6, 6.07) is 10.9. The second-order valence-corrected chi connectivity index (χ2v) is 11.9. The number of hydrazone groups is 1. The van der Waals surface area contributed by atoms with Crippen LogP contribution in [0.1, 0.15) is 28.8 Å². The summed E-state index contributed by atoms with van der Waals surface area (Å²) in [5.41, 5.74) is 4.81. The molecule has 0 fully saturated rings. The number of ether oxygens (including phenoxy) is 3. The lowest BCUT2D eigenvalue weighted by Gasteiger charge is -2.13. The first-order valence-corrected chi connectivity index (χ1v) is 15.1. The van der Waals surface area contributed by atoms with Crippen LogP contribution in [0.5, 0.6) is 17.2 Å². The number of halogens is 1. The summed E-state index contributed by atoms with van der Waals surface area (Å²) >= 11 is 6.24. The van der Waals surface area contributed by atoms with Gasteiger partial charge in [-0.2, -0.15) is 5.10 Å². The second kappa shape index (κ2) is 12.4. The monoisotopic (exact) mass is 642 g/mol. The molecular formula is C28H27BrN4O5S2. The summed E-state index contributed by atoms with van der Waals surface area (Å²) < 4.78 is 18.6. The number of thiophene rings is 1. The van der Waals surface area contributed by atoms with Gasteiger partial charge >= 0.3 is 0 Å². The van der Waals surface area contributed by atoms with E-state index < -0.39 is 0 Å². The van der Waals surface area contributed by atoms with Gasteiger partial charge in [0.15, 0.2) is 5.16 Å². The number of carbonyl (C=O) groups is 1. The fourth-order valence-corrected chi connectivity index (χ4v) is 6.96. The molecule has 0 bridgehead atoms. The van der Waals surface area contributed by atoms with Crippen molar-refractivity contribution in [3.05, 3.63) is 67.2 Å². The standard InChI is InChI=1S/C28H27BrN4O5S2/c1-36-18-12-21(37-2)20(22(13-18)38-3)14-30-32-24(34)15-39-28-31-26-25(19-6-4-5-7-23(19)40-26)27(35)33(28)17-10-8-16(29)9-11-17/h8-14H,4-7,15H2,1-3H3,(H,32,34). The molecule has 0 unspecified atom stereocenters. The van der Waals surface area contributed by atoms with Crippen LogP contribution >= 0.6 is 39.0 Å². The molecule has 208 valence electrons. The van der Waals surface area contributed by atoms with Crippen molar-refractivity contribution in [3.8, 4) is 22.9 Å². The van der Waals surface area contributed by atoms with Gasteiger partial charge in [-0.15, -0.1) is 11.3 Å². The normalized spacial score (nSPS) is 12.9. The summed E-state index contributed by atoms with van der Waals surface area (Å²) in [5.74, 6) is 1.19. The van der Waals surface area contributed by atoms with E-state index in [0.717, 1.165) is 40.5 Å². The minimum atomic E-state index is -0.352. The Morgan fingerprint density at radius 3 is 2.50 bits per heavy atom. The number of methoxy groups -OCH3 is 3. The Morgan fingerprint density at radius 2 is 1.82 bits per heavy atom. The van der Waals surface area contributed by atoms with Gasteiger partial charge in [0, 0.05) is 21.5 Å². The molecule has 40 heavy (non-hydrogen) atoms. The topological polar surface area (TPSA) is 104 Å². The number of fused-ring (bicyclic) bond motifs is 3. The highest BCUT2D eigenvalue weighted by Gasteiger charge is 2.23. The van der Waals surface area contributed by atoms with Crippen molar-refractivity contribution in [1.29, 1.82) is 0 Å². The largest absolute Gasteiger partial charge is 0.496 e. The Hall–Kier alpha value is -3.35. The van der Waals surface area contributed by atoms with E-state index in [1.165, 1.54) is 37.1 Å². The number of nitrogens with one attached hydrogen (secondary N) is 1. The third-order valence-electron chi connectivity index (χ3n) is 6.51. The molecule has 5 rings (SSSR count). The SMILES string of the molecule is COc1cc(OC)c(C=NNC(=O)CSc2nc3sc4c(c3c(=O)n2-c2ccc(Br)cc2)CCCC4)c(OC)c1. The van der Waals surface area contributed by atoms with E-state index in [2.05, 4.69) is 26.5 Å². The minimum absolute atomic E-state index is 0.00772. The van der Waals surface area contributed by atoms with Crippen LogP contribution in [0.3, 0.4) is 0 Å². The number of hydrogen-bond acceptors (Lipinski definition) is 9. The van der Waals surface area contributed by atoms with Crippen LogP contribution in [0.4, 0.5) is 0 Å². The number of carbonyl (C=O) groups excluding carboxylic acids is 1. The molecule has 1 aliphatic carbocycles. The third-order valence-corrected chi connectivity index (χ3v) is 9.16. The van der Waals surface area contributed by atoms with Gasteiger partial charge < -0.3 is 14.2 Å². The van der Waals surface area contributed by atoms with Crippen molar-refractivity contribution in [1.82, 2.24) is 15.0 Å². The number of benzene rings is 2. The predicted molar refractivity (Wildman–Crippen MR) is 162 cm³/mol. The highest BCUT2D eigenvalue weighted by Crippen LogP contribution is 2.35. The first-order valence-electron chi connectivity index (χ1n) is 12.5. The van der Waals surface area contributed by atoms with E-state index in [-0.39, 0.29) is 17.2 Å². The summed E-state index contributed by atoms with van der Waals surface area (Å²) in [7, 11) is 4.61. The third kappa shape index (κ3) is 5.74. The fourth-order valence-electron chi connectivity index (χ4n) is 4.59. The molecule has 1 aliphatic rings. The molecule has 12 heteroatoms. The lowest BCUT2D eigenvalue weighted by molar-refractivity contribution is -0.118. The van der Waals surface area contributed by atoms with Crippen LogP contribution in [0.25, 0.3) is 15.9 Å². The quantitative estimate of drug-likeness (QED) is 0.113. The van der Waals surface area contributed by atoms with Crippen LogP contribution in [-0.4, -0.2) is 48.8 Å². The van der Waals surface area contributed by atoms with Crippen molar-refractivity contribution < 1.29 is 19.0 Å². The first kappa shape index (κ1) is 28.2. The van der Waals surface area contributed by atoms with Crippen LogP contribution in [0.2, 0.25) is 0 Å². The summed E-state index contributed by atoms with van der Waals surface area (Å²) in [5, 5.41) is 5.25. The van der Waals surface area contributed by atoms with Crippen LogP contribution in [-0.2, 0) is 17.6 Å². The van der Waals surface area contributed by atoms with Gasteiger partial charge in [0.1, 0.15) is 22.1 Å². The van der Waals surface area contributed by atoms with E-state index in [4.69, 9.17) is 19.2 Å². The summed E-state index contributed by atoms with van der Waals surface area (Å²) in [6.45, 7) is 0. The number of hydrogen-bond donors (Lipinski definition) is 1. The highest BCUT2D eigenvalue weighted by molar-refractivity contribution is 9.10. The molecule has 1 amide bonds. The average molecular weight is 644 g/mol. The second-order valence-electron chi connectivity index (χ2n) is 8.93. The molecular weight excluding hydrogens is 616 g/mol. The van der Waals surface area contributed by atoms with Gasteiger partial charge in [-0.25, -0.2) is 10.4 Å². The smallest absolute Gasteiger partial charge is 0.267 e. The Labute approximate surface area is 247 Å². The molecule has 0 saturated carbocycles. The van der Waals surface area contributed by atoms with E-state index >= 15 is 0 Å². The summed E-state index contributed by atoms with van der Waals surface area (Å²) in [4.78, 5) is 33.5. The zero-order chi connectivity index (χ0) is 28.2. The van der Waals surface area contributed by atoms with Crippen molar-refractivity contribution in [2.75, 3.05) is 27.1 Å². The van der Waals surface area contributed by atoms with E-state index in [9.17, 15) is 9.59 Å². The zero-order valence-corrected chi connectivity index (χ0v) is 25.4. The number of thioether (sulfide) groups is 1. The highest BCUT2D eigenvalue weighted by atomic mass is 79.9. The summed E-state index contributed by atoms with van der Waals surface area (Å²) in [6.07, 6.45) is 5.52. The van der Waals surface area contributed by atoms with Crippen molar-refractivity contribution in [2.45, 2.75) is 30.8 Å². The lowest BCUT2D eigenvalue weighted by Crippen LogP contribution is -2.24. The molecule has 0 atom stereocenters. The Balaban J connectivity index is 1.40. The molecule has 0 radical (unpaired) electrons. The van der Waals surface area contributed by atoms with Gasteiger partial charge in [-0.1, -0.05) is 27.7 Å². The van der Waals surface area contributed by atoms with Crippen molar-refractivity contribution in [3.63, 3.8) is 0 Å². The van der Waals surface area contributed by atoms with E-state index in [1.54, 1.807) is 35.1 Å². The molecule has 2 aromatic heterocycles. The van der Waals surface area contributed by atoms with Gasteiger partial charge in [0.05, 0.1) is 49.9 Å². The maximum absolute atomic E-state index is 13.9. The Morgan fingerprint density at radius 1 is 1.12 bits per heavy atom. The molecule has 2 heterocycles. The molecule has 0 spiro atoms. The van der Waals surface area contributed by atoms with Crippen LogP contribution in [0, 0.1) is 0 Å². The fraction of sp³-hybridized carbons (Fsp3) is 0.286. The Bertz CT molecular complexity index is 1620. The zero-order valence-electron chi connectivity index (χ0n) is 22.2. The Kier molecular flexibility index (Phi) is 8.77. The van der Waals surface area contributed by atoms with Crippen molar-refractivity contribution >= 4 is 61.4 Å². The van der Waals surface area contributed by atoms with Crippen LogP contribution < -0.4 is 25.2 Å². The number of rotatable bonds is 9. The molecule has 0 aliphatic heterocycles. The number of aryl methyl sites for hydroxylation is 2. The van der Waals surface area contributed by atoms with Crippen molar-refractivity contribution in [2.24, 2.45) is 5.10 Å². The first-order chi connectivity index (χ1) is 19.4. The number of aromatic nitrogens is 2. The van der Waals surface area contributed by atoms with Gasteiger partial charge in [-0.05, 0) is 55.5 Å². The number of nitrogens with zero attached hydrogens (tertiary/aromatic N) is 3. The lowest BCUT2D eigenvalue weighted by atomic mass is 9.97. The van der Waals surface area contributed by atoms with E-state index in [1.807, 2.05) is 24.3 Å². The predicted octanol–water partition coefficient (Wildman–Crippen LogP) is 5.36. The molecule has 2 aromatic carbocycles.